The van der Waals surface area contributed by atoms with Gasteiger partial charge in [-0.15, -0.1) is 12.4 Å². The van der Waals surface area contributed by atoms with Gasteiger partial charge in [-0.1, -0.05) is 20.8 Å². The van der Waals surface area contributed by atoms with Crippen LogP contribution in [0.1, 0.15) is 40.0 Å². The van der Waals surface area contributed by atoms with Crippen LogP contribution >= 0.6 is 12.4 Å². The molecule has 0 saturated carbocycles. The van der Waals surface area contributed by atoms with Gasteiger partial charge in [-0.3, -0.25) is 9.69 Å². The minimum atomic E-state index is 0. The maximum Gasteiger partial charge on any atom is 0.222 e. The van der Waals surface area contributed by atoms with E-state index in [4.69, 9.17) is 0 Å². The number of likely N-dealkylation sites (tertiary alicyclic amines) is 1. The van der Waals surface area contributed by atoms with Crippen LogP contribution in [0.5, 0.6) is 0 Å². The molecule has 0 aromatic carbocycles. The van der Waals surface area contributed by atoms with Crippen molar-refractivity contribution in [2.75, 3.05) is 39.3 Å². The van der Waals surface area contributed by atoms with Crippen molar-refractivity contribution in [2.45, 2.75) is 46.1 Å². The molecule has 1 N–H and O–H groups in total. The molecule has 0 aliphatic carbocycles. The highest BCUT2D eigenvalue weighted by Gasteiger charge is 2.30. The largest absolute Gasteiger partial charge is 0.341 e. The van der Waals surface area contributed by atoms with Gasteiger partial charge in [0, 0.05) is 51.7 Å². The zero-order chi connectivity index (χ0) is 13.9. The molecule has 118 valence electrons. The Morgan fingerprint density at radius 3 is 2.45 bits per heavy atom. The Hall–Kier alpha value is -0.320. The fraction of sp³-hybridized carbons (Fsp3) is 0.933. The van der Waals surface area contributed by atoms with Gasteiger partial charge in [-0.05, 0) is 18.3 Å². The van der Waals surface area contributed by atoms with Gasteiger partial charge < -0.3 is 10.2 Å². The van der Waals surface area contributed by atoms with E-state index in [0.29, 0.717) is 18.4 Å². The highest BCUT2D eigenvalue weighted by molar-refractivity contribution is 5.85. The minimum absolute atomic E-state index is 0. The Bertz CT molecular complexity index is 311. The molecular weight excluding hydrogens is 274 g/mol. The minimum Gasteiger partial charge on any atom is -0.341 e. The molecule has 5 heteroatoms. The average molecular weight is 304 g/mol. The van der Waals surface area contributed by atoms with Gasteiger partial charge in [0.2, 0.25) is 5.91 Å². The summed E-state index contributed by atoms with van der Waals surface area (Å²) in [6, 6.07) is 0.598. The first-order valence-electron chi connectivity index (χ1n) is 7.68. The topological polar surface area (TPSA) is 35.6 Å². The molecule has 0 bridgehead atoms. The van der Waals surface area contributed by atoms with E-state index in [9.17, 15) is 4.79 Å². The molecule has 0 radical (unpaired) electrons. The van der Waals surface area contributed by atoms with Crippen molar-refractivity contribution < 1.29 is 4.79 Å². The van der Waals surface area contributed by atoms with E-state index in [1.165, 1.54) is 0 Å². The molecule has 0 aromatic rings. The van der Waals surface area contributed by atoms with E-state index < -0.39 is 0 Å². The Balaban J connectivity index is 0.00000200. The lowest BCUT2D eigenvalue weighted by Gasteiger charge is -2.32. The van der Waals surface area contributed by atoms with E-state index in [1.54, 1.807) is 0 Å². The molecule has 20 heavy (non-hydrogen) atoms. The van der Waals surface area contributed by atoms with Crippen LogP contribution in [-0.4, -0.2) is 61.0 Å². The monoisotopic (exact) mass is 303 g/mol. The number of amides is 1. The van der Waals surface area contributed by atoms with Crippen molar-refractivity contribution in [1.82, 2.24) is 15.1 Å². The van der Waals surface area contributed by atoms with Crippen LogP contribution in [0.15, 0.2) is 0 Å². The highest BCUT2D eigenvalue weighted by Crippen LogP contribution is 2.23. The van der Waals surface area contributed by atoms with Crippen LogP contribution in [0.3, 0.4) is 0 Å². The molecule has 2 heterocycles. The Kier molecular flexibility index (Phi) is 6.76. The van der Waals surface area contributed by atoms with Crippen LogP contribution in [0, 0.1) is 5.41 Å². The maximum atomic E-state index is 12.2. The van der Waals surface area contributed by atoms with Crippen LogP contribution < -0.4 is 5.32 Å². The molecule has 2 fully saturated rings. The number of hydrogen-bond acceptors (Lipinski definition) is 3. The summed E-state index contributed by atoms with van der Waals surface area (Å²) in [5.41, 5.74) is 0.257. The predicted molar refractivity (Wildman–Crippen MR) is 85.4 cm³/mol. The number of piperazine rings is 1. The first-order chi connectivity index (χ1) is 8.96. The van der Waals surface area contributed by atoms with Crippen LogP contribution in [0.4, 0.5) is 0 Å². The summed E-state index contributed by atoms with van der Waals surface area (Å²) in [4.78, 5) is 16.8. The first-order valence-corrected chi connectivity index (χ1v) is 7.68. The van der Waals surface area contributed by atoms with Crippen molar-refractivity contribution in [1.29, 1.82) is 0 Å². The number of nitrogens with zero attached hydrogens (tertiary/aromatic N) is 2. The normalized spacial score (nSPS) is 24.6. The van der Waals surface area contributed by atoms with Crippen molar-refractivity contribution in [3.05, 3.63) is 0 Å². The maximum absolute atomic E-state index is 12.2. The third-order valence-corrected chi connectivity index (χ3v) is 4.27. The molecule has 2 aliphatic heterocycles. The Morgan fingerprint density at radius 2 is 1.85 bits per heavy atom. The molecule has 2 saturated heterocycles. The summed E-state index contributed by atoms with van der Waals surface area (Å²) in [6.07, 6.45) is 2.85. The average Bonchev–Trinajstić information content (AvgIpc) is 2.86. The van der Waals surface area contributed by atoms with E-state index in [0.717, 1.165) is 52.1 Å². The number of hydrogen-bond donors (Lipinski definition) is 1. The predicted octanol–water partition coefficient (Wildman–Crippen LogP) is 1.74. The van der Waals surface area contributed by atoms with Gasteiger partial charge in [0.25, 0.3) is 0 Å². The van der Waals surface area contributed by atoms with Gasteiger partial charge >= 0.3 is 0 Å². The second-order valence-corrected chi connectivity index (χ2v) is 7.13. The molecule has 1 unspecified atom stereocenters. The highest BCUT2D eigenvalue weighted by atomic mass is 35.5. The van der Waals surface area contributed by atoms with Crippen LogP contribution in [0.25, 0.3) is 0 Å². The van der Waals surface area contributed by atoms with Crippen LogP contribution in [-0.2, 0) is 4.79 Å². The third kappa shape index (κ3) is 5.23. The van der Waals surface area contributed by atoms with Crippen molar-refractivity contribution in [3.63, 3.8) is 0 Å². The van der Waals surface area contributed by atoms with Crippen molar-refractivity contribution in [2.24, 2.45) is 5.41 Å². The second-order valence-electron chi connectivity index (χ2n) is 7.13. The zero-order valence-corrected chi connectivity index (χ0v) is 14.0. The third-order valence-electron chi connectivity index (χ3n) is 4.27. The van der Waals surface area contributed by atoms with E-state index in [1.807, 2.05) is 0 Å². The van der Waals surface area contributed by atoms with Gasteiger partial charge in [0.1, 0.15) is 0 Å². The molecule has 0 spiro atoms. The molecular formula is C15H30ClN3O. The summed E-state index contributed by atoms with van der Waals surface area (Å²) in [7, 11) is 0. The van der Waals surface area contributed by atoms with Gasteiger partial charge in [-0.2, -0.15) is 0 Å². The lowest BCUT2D eigenvalue weighted by Crippen LogP contribution is -2.49. The van der Waals surface area contributed by atoms with Crippen molar-refractivity contribution in [3.8, 4) is 0 Å². The second kappa shape index (κ2) is 7.62. The van der Waals surface area contributed by atoms with E-state index in [2.05, 4.69) is 35.9 Å². The quantitative estimate of drug-likeness (QED) is 0.863. The number of halogens is 1. The molecule has 1 atom stereocenters. The molecule has 0 aromatic heterocycles. The fourth-order valence-corrected chi connectivity index (χ4v) is 2.95. The van der Waals surface area contributed by atoms with E-state index >= 15 is 0 Å². The van der Waals surface area contributed by atoms with E-state index in [-0.39, 0.29) is 17.8 Å². The summed E-state index contributed by atoms with van der Waals surface area (Å²) in [6.45, 7) is 13.0. The van der Waals surface area contributed by atoms with Gasteiger partial charge in [0.15, 0.2) is 0 Å². The number of carbonyl (C=O) groups is 1. The standard InChI is InChI=1S/C15H29N3O.ClH/c1-15(2,3)6-4-14(19)18-9-5-13(12-18)17-10-7-16-8-11-17;/h13,16H,4-12H2,1-3H3;1H. The summed E-state index contributed by atoms with van der Waals surface area (Å²) in [5.74, 6) is 0.354. The smallest absolute Gasteiger partial charge is 0.222 e. The number of nitrogens with one attached hydrogen (secondary N) is 1. The first kappa shape index (κ1) is 17.7. The Morgan fingerprint density at radius 1 is 1.20 bits per heavy atom. The zero-order valence-electron chi connectivity index (χ0n) is 13.2. The summed E-state index contributed by atoms with van der Waals surface area (Å²) >= 11 is 0. The van der Waals surface area contributed by atoms with Gasteiger partial charge in [-0.25, -0.2) is 0 Å². The fourth-order valence-electron chi connectivity index (χ4n) is 2.95. The van der Waals surface area contributed by atoms with Crippen LogP contribution in [0.2, 0.25) is 0 Å². The summed E-state index contributed by atoms with van der Waals surface area (Å²) in [5, 5.41) is 3.39. The lowest BCUT2D eigenvalue weighted by molar-refractivity contribution is -0.130. The Labute approximate surface area is 129 Å². The van der Waals surface area contributed by atoms with Crippen molar-refractivity contribution >= 4 is 18.3 Å². The van der Waals surface area contributed by atoms with Gasteiger partial charge in [0.05, 0.1) is 0 Å². The molecule has 2 rings (SSSR count). The number of rotatable bonds is 3. The summed E-state index contributed by atoms with van der Waals surface area (Å²) < 4.78 is 0. The molecule has 2 aliphatic rings. The SMILES string of the molecule is CC(C)(C)CCC(=O)N1CCC(N2CCNCC2)C1.Cl. The lowest BCUT2D eigenvalue weighted by atomic mass is 9.90. The number of carbonyl (C=O) groups excluding carboxylic acids is 1. The molecule has 1 amide bonds. The molecule has 4 nitrogen and oxygen atoms in total.